The van der Waals surface area contributed by atoms with Crippen molar-refractivity contribution < 1.29 is 4.74 Å². The van der Waals surface area contributed by atoms with Gasteiger partial charge in [0.1, 0.15) is 0 Å². The molecule has 0 spiro atoms. The summed E-state index contributed by atoms with van der Waals surface area (Å²) in [6.07, 6.45) is 1.35. The van der Waals surface area contributed by atoms with E-state index in [1.807, 2.05) is 0 Å². The fraction of sp³-hybridized carbons (Fsp3) is 0.625. The van der Waals surface area contributed by atoms with Crippen molar-refractivity contribution in [2.24, 2.45) is 0 Å². The lowest BCUT2D eigenvalue weighted by Crippen LogP contribution is -2.29. The number of hydrogen-bond donors (Lipinski definition) is 1. The molecule has 1 N–H and O–H groups in total. The van der Waals surface area contributed by atoms with E-state index in [1.165, 1.54) is 10.0 Å². The first kappa shape index (κ1) is 16.7. The molecule has 0 aliphatic rings. The molecule has 0 saturated carbocycles. The third-order valence-corrected chi connectivity index (χ3v) is 3.76. The molecule has 0 aliphatic heterocycles. The van der Waals surface area contributed by atoms with E-state index >= 15 is 0 Å². The van der Waals surface area contributed by atoms with Crippen LogP contribution in [0.25, 0.3) is 0 Å². The molecule has 0 saturated heterocycles. The Morgan fingerprint density at radius 1 is 1.16 bits per heavy atom. The molecule has 3 heteroatoms. The molecule has 0 aromatic heterocycles. The molecule has 2 nitrogen and oxygen atoms in total. The van der Waals surface area contributed by atoms with Crippen molar-refractivity contribution >= 4 is 15.9 Å². The van der Waals surface area contributed by atoms with Crippen LogP contribution in [0.5, 0.6) is 0 Å². The van der Waals surface area contributed by atoms with Gasteiger partial charge in [0.05, 0.1) is 6.10 Å². The molecule has 0 bridgehead atoms. The average molecular weight is 328 g/mol. The molecule has 1 aromatic carbocycles. The highest BCUT2D eigenvalue weighted by Crippen LogP contribution is 2.27. The Labute approximate surface area is 126 Å². The van der Waals surface area contributed by atoms with Gasteiger partial charge in [-0.25, -0.2) is 0 Å². The zero-order valence-electron chi connectivity index (χ0n) is 12.4. The molecule has 1 atom stereocenters. The van der Waals surface area contributed by atoms with Crippen molar-refractivity contribution in [2.45, 2.75) is 52.2 Å². The number of rotatable bonds is 8. The molecule has 0 aliphatic carbocycles. The molecule has 1 aromatic rings. The number of hydrogen-bond acceptors (Lipinski definition) is 2. The maximum Gasteiger partial charge on any atom is 0.0518 e. The first-order chi connectivity index (χ1) is 9.00. The first-order valence-corrected chi connectivity index (χ1v) is 7.89. The molecule has 0 fully saturated rings. The van der Waals surface area contributed by atoms with E-state index in [4.69, 9.17) is 4.74 Å². The predicted molar refractivity (Wildman–Crippen MR) is 85.7 cm³/mol. The number of halogens is 1. The van der Waals surface area contributed by atoms with Crippen LogP contribution in [-0.2, 0) is 4.74 Å². The topological polar surface area (TPSA) is 21.3 Å². The summed E-state index contributed by atoms with van der Waals surface area (Å²) in [5, 5.41) is 3.53. The third-order valence-electron chi connectivity index (χ3n) is 3.04. The molecule has 1 unspecified atom stereocenters. The van der Waals surface area contributed by atoms with Gasteiger partial charge in [0.25, 0.3) is 0 Å². The molecule has 0 radical (unpaired) electrons. The normalized spacial score (nSPS) is 13.2. The van der Waals surface area contributed by atoms with Crippen LogP contribution in [0.3, 0.4) is 0 Å². The van der Waals surface area contributed by atoms with Gasteiger partial charge >= 0.3 is 0 Å². The summed E-state index contributed by atoms with van der Waals surface area (Å²) in [4.78, 5) is 0. The van der Waals surface area contributed by atoms with Crippen LogP contribution in [0, 0.1) is 0 Å². The van der Waals surface area contributed by atoms with Gasteiger partial charge in [-0.2, -0.15) is 0 Å². The van der Waals surface area contributed by atoms with Crippen LogP contribution in [0.15, 0.2) is 28.7 Å². The van der Waals surface area contributed by atoms with E-state index in [9.17, 15) is 0 Å². The lowest BCUT2D eigenvalue weighted by Gasteiger charge is -2.21. The van der Waals surface area contributed by atoms with Crippen LogP contribution < -0.4 is 5.32 Å². The standard InChI is InChI=1S/C16H26BrNO/c1-12(2)18-11-14(9-10-19-13(3)4)15-7-5-6-8-16(15)17/h5-8,12-14,18H,9-11H2,1-4H3. The van der Waals surface area contributed by atoms with Gasteiger partial charge < -0.3 is 10.1 Å². The lowest BCUT2D eigenvalue weighted by atomic mass is 9.95. The fourth-order valence-corrected chi connectivity index (χ4v) is 2.61. The Morgan fingerprint density at radius 3 is 2.42 bits per heavy atom. The zero-order chi connectivity index (χ0) is 14.3. The van der Waals surface area contributed by atoms with Gasteiger partial charge in [0, 0.05) is 23.7 Å². The summed E-state index contributed by atoms with van der Waals surface area (Å²) in [6.45, 7) is 10.3. The van der Waals surface area contributed by atoms with Gasteiger partial charge in [-0.05, 0) is 37.8 Å². The van der Waals surface area contributed by atoms with E-state index in [1.54, 1.807) is 0 Å². The van der Waals surface area contributed by atoms with E-state index in [2.05, 4.69) is 73.2 Å². The van der Waals surface area contributed by atoms with Crippen LogP contribution in [0.1, 0.15) is 45.6 Å². The molecule has 108 valence electrons. The zero-order valence-corrected chi connectivity index (χ0v) is 14.0. The summed E-state index contributed by atoms with van der Waals surface area (Å²) in [6, 6.07) is 8.99. The average Bonchev–Trinajstić information content (AvgIpc) is 2.34. The summed E-state index contributed by atoms with van der Waals surface area (Å²) in [5.41, 5.74) is 1.36. The molecule has 0 heterocycles. The predicted octanol–water partition coefficient (Wildman–Crippen LogP) is 4.35. The Hall–Kier alpha value is -0.380. The third kappa shape index (κ3) is 6.55. The van der Waals surface area contributed by atoms with Crippen molar-refractivity contribution in [3.63, 3.8) is 0 Å². The largest absolute Gasteiger partial charge is 0.379 e. The SMILES string of the molecule is CC(C)NCC(CCOC(C)C)c1ccccc1Br. The second-order valence-corrected chi connectivity index (χ2v) is 6.34. The van der Waals surface area contributed by atoms with Gasteiger partial charge in [-0.3, -0.25) is 0 Å². The minimum absolute atomic E-state index is 0.304. The summed E-state index contributed by atoms with van der Waals surface area (Å²) in [7, 11) is 0. The monoisotopic (exact) mass is 327 g/mol. The number of ether oxygens (including phenoxy) is 1. The van der Waals surface area contributed by atoms with Gasteiger partial charge in [0.15, 0.2) is 0 Å². The molecule has 1 rings (SSSR count). The Balaban J connectivity index is 2.66. The van der Waals surface area contributed by atoms with Crippen LogP contribution >= 0.6 is 15.9 Å². The van der Waals surface area contributed by atoms with Crippen molar-refractivity contribution in [3.8, 4) is 0 Å². The molecule has 0 amide bonds. The summed E-state index contributed by atoms with van der Waals surface area (Å²) < 4.78 is 6.89. The van der Waals surface area contributed by atoms with Crippen molar-refractivity contribution in [3.05, 3.63) is 34.3 Å². The first-order valence-electron chi connectivity index (χ1n) is 7.10. The van der Waals surface area contributed by atoms with Crippen molar-refractivity contribution in [1.82, 2.24) is 5.32 Å². The van der Waals surface area contributed by atoms with E-state index < -0.39 is 0 Å². The Kier molecular flexibility index (Phi) is 7.66. The van der Waals surface area contributed by atoms with Gasteiger partial charge in [-0.1, -0.05) is 48.0 Å². The Morgan fingerprint density at radius 2 is 1.84 bits per heavy atom. The summed E-state index contributed by atoms with van der Waals surface area (Å²) >= 11 is 3.66. The molecule has 19 heavy (non-hydrogen) atoms. The van der Waals surface area contributed by atoms with Crippen molar-refractivity contribution in [2.75, 3.05) is 13.2 Å². The van der Waals surface area contributed by atoms with E-state index in [-0.39, 0.29) is 0 Å². The van der Waals surface area contributed by atoms with Crippen molar-refractivity contribution in [1.29, 1.82) is 0 Å². The van der Waals surface area contributed by atoms with Gasteiger partial charge in [0.2, 0.25) is 0 Å². The number of benzene rings is 1. The number of nitrogens with one attached hydrogen (secondary N) is 1. The highest BCUT2D eigenvalue weighted by atomic mass is 79.9. The van der Waals surface area contributed by atoms with Crippen LogP contribution in [0.2, 0.25) is 0 Å². The van der Waals surface area contributed by atoms with Crippen LogP contribution in [-0.4, -0.2) is 25.3 Å². The summed E-state index contributed by atoms with van der Waals surface area (Å²) in [5.74, 6) is 0.483. The highest BCUT2D eigenvalue weighted by Gasteiger charge is 2.14. The maximum absolute atomic E-state index is 5.70. The lowest BCUT2D eigenvalue weighted by molar-refractivity contribution is 0.0731. The second kappa shape index (κ2) is 8.72. The molecular weight excluding hydrogens is 302 g/mol. The molecular formula is C16H26BrNO. The van der Waals surface area contributed by atoms with E-state index in [0.717, 1.165) is 19.6 Å². The highest BCUT2D eigenvalue weighted by molar-refractivity contribution is 9.10. The van der Waals surface area contributed by atoms with Crippen LogP contribution in [0.4, 0.5) is 0 Å². The second-order valence-electron chi connectivity index (χ2n) is 5.49. The fourth-order valence-electron chi connectivity index (χ4n) is 2.00. The van der Waals surface area contributed by atoms with E-state index in [0.29, 0.717) is 18.1 Å². The Bertz CT molecular complexity index is 366. The minimum Gasteiger partial charge on any atom is -0.379 e. The van der Waals surface area contributed by atoms with Gasteiger partial charge in [-0.15, -0.1) is 0 Å². The maximum atomic E-state index is 5.70. The smallest absolute Gasteiger partial charge is 0.0518 e. The minimum atomic E-state index is 0.304. The quantitative estimate of drug-likeness (QED) is 0.766.